The van der Waals surface area contributed by atoms with E-state index in [9.17, 15) is 0 Å². The second-order valence-corrected chi connectivity index (χ2v) is 2.15. The molecule has 0 heterocycles. The maximum atomic E-state index is 5.00. The molecule has 0 bridgehead atoms. The number of hydrogen-bond acceptors (Lipinski definition) is 2. The van der Waals surface area contributed by atoms with Gasteiger partial charge in [-0.3, -0.25) is 0 Å². The molecule has 0 saturated heterocycles. The summed E-state index contributed by atoms with van der Waals surface area (Å²) in [6.45, 7) is 1.97. The first kappa shape index (κ1) is 7.38. The Bertz CT molecular complexity index is 215. The van der Waals surface area contributed by atoms with Crippen LogP contribution in [0.1, 0.15) is 5.56 Å². The van der Waals surface area contributed by atoms with Crippen molar-refractivity contribution in [2.24, 2.45) is 0 Å². The van der Waals surface area contributed by atoms with Crippen molar-refractivity contribution in [1.82, 2.24) is 0 Å². The highest BCUT2D eigenvalue weighted by molar-refractivity contribution is 6.07. The molecule has 54 valence electrons. The first-order valence-corrected chi connectivity index (χ1v) is 3.24. The molecule has 0 unspecified atom stereocenters. The minimum Gasteiger partial charge on any atom is -0.248 e. The molecule has 0 aliphatic heterocycles. The van der Waals surface area contributed by atoms with Gasteiger partial charge in [-0.2, -0.15) is 4.39 Å². The molecule has 1 N–H and O–H groups in total. The average molecular weight is 158 g/mol. The summed E-state index contributed by atoms with van der Waals surface area (Å²) in [4.78, 5) is 0. The fourth-order valence-electron chi connectivity index (χ4n) is 0.729. The molecule has 3 heteroatoms. The maximum Gasteiger partial charge on any atom is 0.0911 e. The molecule has 0 fully saturated rings. The number of anilines is 1. The van der Waals surface area contributed by atoms with Gasteiger partial charge in [0.1, 0.15) is 0 Å². The highest BCUT2D eigenvalue weighted by atomic mass is 35.5. The lowest BCUT2D eigenvalue weighted by Gasteiger charge is -2.02. The zero-order valence-corrected chi connectivity index (χ0v) is 6.35. The average Bonchev–Trinajstić information content (AvgIpc) is 1.94. The number of rotatable bonds is 2. The second-order valence-electron chi connectivity index (χ2n) is 1.99. The molecule has 0 aromatic heterocycles. The molecule has 0 amide bonds. The van der Waals surface area contributed by atoms with E-state index in [1.54, 1.807) is 0 Å². The monoisotopic (exact) mass is 157 g/mol. The van der Waals surface area contributed by atoms with Gasteiger partial charge in [0.2, 0.25) is 0 Å². The minimum atomic E-state index is 0.887. The van der Waals surface area contributed by atoms with E-state index >= 15 is 0 Å². The molecular formula is C7H8ClNO. The summed E-state index contributed by atoms with van der Waals surface area (Å²) in [5.41, 5.74) is 4.53. The number of aryl methyl sites for hydroxylation is 1. The van der Waals surface area contributed by atoms with E-state index in [2.05, 4.69) is 9.87 Å². The summed E-state index contributed by atoms with van der Waals surface area (Å²) >= 11 is 5.00. The van der Waals surface area contributed by atoms with Crippen molar-refractivity contribution in [2.75, 3.05) is 5.48 Å². The molecule has 1 aromatic rings. The third kappa shape index (κ3) is 1.62. The largest absolute Gasteiger partial charge is 0.248 e. The van der Waals surface area contributed by atoms with Crippen LogP contribution in [0.4, 0.5) is 5.69 Å². The fourth-order valence-corrected chi connectivity index (χ4v) is 0.812. The van der Waals surface area contributed by atoms with E-state index < -0.39 is 0 Å². The Kier molecular flexibility index (Phi) is 2.54. The van der Waals surface area contributed by atoms with Crippen LogP contribution in [-0.4, -0.2) is 0 Å². The summed E-state index contributed by atoms with van der Waals surface area (Å²) in [6.07, 6.45) is 0. The lowest BCUT2D eigenvalue weighted by Crippen LogP contribution is -1.92. The van der Waals surface area contributed by atoms with Crippen molar-refractivity contribution in [1.29, 1.82) is 0 Å². The quantitative estimate of drug-likeness (QED) is 0.666. The molecule has 1 aromatic carbocycles. The Hall–Kier alpha value is -0.730. The van der Waals surface area contributed by atoms with Crippen LogP contribution in [0.5, 0.6) is 0 Å². The number of benzene rings is 1. The van der Waals surface area contributed by atoms with Gasteiger partial charge in [0.15, 0.2) is 0 Å². The Labute approximate surface area is 64.9 Å². The Morgan fingerprint density at radius 2 is 2.10 bits per heavy atom. The summed E-state index contributed by atoms with van der Waals surface area (Å²) < 4.78 is 4.23. The van der Waals surface area contributed by atoms with Crippen LogP contribution in [-0.2, 0) is 4.39 Å². The van der Waals surface area contributed by atoms with E-state index in [0.29, 0.717) is 0 Å². The van der Waals surface area contributed by atoms with Crippen molar-refractivity contribution in [3.8, 4) is 0 Å². The number of hydrogen-bond donors (Lipinski definition) is 1. The molecule has 0 radical (unpaired) electrons. The predicted molar refractivity (Wildman–Crippen MR) is 41.7 cm³/mol. The van der Waals surface area contributed by atoms with Crippen LogP contribution in [0.3, 0.4) is 0 Å². The van der Waals surface area contributed by atoms with Crippen LogP contribution in [0.2, 0.25) is 0 Å². The van der Waals surface area contributed by atoms with Gasteiger partial charge in [-0.15, -0.1) is 0 Å². The van der Waals surface area contributed by atoms with Gasteiger partial charge < -0.3 is 0 Å². The first-order chi connectivity index (χ1) is 4.84. The molecule has 0 spiro atoms. The zero-order valence-electron chi connectivity index (χ0n) is 5.60. The van der Waals surface area contributed by atoms with E-state index in [1.165, 1.54) is 0 Å². The van der Waals surface area contributed by atoms with E-state index in [0.717, 1.165) is 11.3 Å². The van der Waals surface area contributed by atoms with E-state index in [-0.39, 0.29) is 0 Å². The predicted octanol–water partition coefficient (Wildman–Crippen LogP) is 2.49. The molecule has 0 aliphatic rings. The highest BCUT2D eigenvalue weighted by Crippen LogP contribution is 2.12. The van der Waals surface area contributed by atoms with Crippen LogP contribution in [0, 0.1) is 6.92 Å². The third-order valence-electron chi connectivity index (χ3n) is 1.29. The lowest BCUT2D eigenvalue weighted by atomic mass is 10.2. The SMILES string of the molecule is Cc1ccccc1NOCl. The topological polar surface area (TPSA) is 21.3 Å². The van der Waals surface area contributed by atoms with Crippen LogP contribution in [0.25, 0.3) is 0 Å². The van der Waals surface area contributed by atoms with Gasteiger partial charge >= 0.3 is 0 Å². The summed E-state index contributed by atoms with van der Waals surface area (Å²) in [6, 6.07) is 7.72. The van der Waals surface area contributed by atoms with Crippen molar-refractivity contribution in [3.05, 3.63) is 29.8 Å². The highest BCUT2D eigenvalue weighted by Gasteiger charge is 1.92. The molecule has 1 rings (SSSR count). The standard InChI is InChI=1S/C7H8ClNO/c1-6-4-2-3-5-7(6)9-10-8/h2-5,9H,1H3. The van der Waals surface area contributed by atoms with E-state index in [1.807, 2.05) is 31.2 Å². The zero-order chi connectivity index (χ0) is 7.40. The first-order valence-electron chi connectivity index (χ1n) is 2.94. The van der Waals surface area contributed by atoms with Crippen molar-refractivity contribution < 1.29 is 4.39 Å². The number of nitrogens with one attached hydrogen (secondary N) is 1. The molecule has 0 atom stereocenters. The number of halogens is 1. The smallest absolute Gasteiger partial charge is 0.0911 e. The lowest BCUT2D eigenvalue weighted by molar-refractivity contribution is 0.451. The Balaban J connectivity index is 2.81. The van der Waals surface area contributed by atoms with Crippen LogP contribution < -0.4 is 5.48 Å². The Morgan fingerprint density at radius 3 is 2.70 bits per heavy atom. The van der Waals surface area contributed by atoms with Crippen LogP contribution in [0.15, 0.2) is 24.3 Å². The molecule has 2 nitrogen and oxygen atoms in total. The van der Waals surface area contributed by atoms with Gasteiger partial charge in [0.25, 0.3) is 0 Å². The van der Waals surface area contributed by atoms with Gasteiger partial charge in [-0.25, -0.2) is 5.48 Å². The normalized spacial score (nSPS) is 9.40. The van der Waals surface area contributed by atoms with Crippen molar-refractivity contribution in [2.45, 2.75) is 6.92 Å². The van der Waals surface area contributed by atoms with E-state index in [4.69, 9.17) is 11.9 Å². The maximum absolute atomic E-state index is 5.00. The summed E-state index contributed by atoms with van der Waals surface area (Å²) in [5.74, 6) is 0. The van der Waals surface area contributed by atoms with Gasteiger partial charge in [0.05, 0.1) is 17.6 Å². The summed E-state index contributed by atoms with van der Waals surface area (Å²) in [7, 11) is 0. The fraction of sp³-hybridized carbons (Fsp3) is 0.143. The molecule has 0 saturated carbocycles. The van der Waals surface area contributed by atoms with Gasteiger partial charge in [-0.1, -0.05) is 18.2 Å². The van der Waals surface area contributed by atoms with Crippen molar-refractivity contribution in [3.63, 3.8) is 0 Å². The Morgan fingerprint density at radius 1 is 1.40 bits per heavy atom. The molecular weight excluding hydrogens is 150 g/mol. The second kappa shape index (κ2) is 3.44. The van der Waals surface area contributed by atoms with Crippen molar-refractivity contribution >= 4 is 17.6 Å². The van der Waals surface area contributed by atoms with Crippen LogP contribution >= 0.6 is 11.9 Å². The summed E-state index contributed by atoms with van der Waals surface area (Å²) in [5, 5.41) is 0. The molecule has 10 heavy (non-hydrogen) atoms. The number of para-hydroxylation sites is 1. The van der Waals surface area contributed by atoms with Gasteiger partial charge in [0, 0.05) is 0 Å². The van der Waals surface area contributed by atoms with Gasteiger partial charge in [-0.05, 0) is 18.6 Å². The third-order valence-corrected chi connectivity index (χ3v) is 1.37. The molecule has 0 aliphatic carbocycles. The minimum absolute atomic E-state index is 0.887.